The Morgan fingerprint density at radius 3 is 1.98 bits per heavy atom. The lowest BCUT2D eigenvalue weighted by atomic mass is 9.51. The standard InChI is InChI=1S/C28H37ClO12/c1-12-8-9-18(37-14(3)30)26(7)19(38-15(4)31)10-20(39-16(5)32)27(11-36-27)22(26)24(40-17(6)33)28(35)13(2)25(34)41-23(28)21(12)29/h13,18-24,35H,1,8-11H2,2-7H3. The minimum absolute atomic E-state index is 0.00347. The zero-order valence-electron chi connectivity index (χ0n) is 24.0. The van der Waals surface area contributed by atoms with Gasteiger partial charge in [-0.25, -0.2) is 0 Å². The molecule has 41 heavy (non-hydrogen) atoms. The maximum atomic E-state index is 13.0. The third-order valence-electron chi connectivity index (χ3n) is 9.14. The summed E-state index contributed by atoms with van der Waals surface area (Å²) in [6.45, 7) is 11.9. The van der Waals surface area contributed by atoms with Crippen molar-refractivity contribution in [2.75, 3.05) is 6.61 Å². The summed E-state index contributed by atoms with van der Waals surface area (Å²) in [6, 6.07) is 0. The van der Waals surface area contributed by atoms with E-state index >= 15 is 0 Å². The van der Waals surface area contributed by atoms with E-state index in [1.54, 1.807) is 6.92 Å². The SMILES string of the molecule is C=C1CCC(OC(C)=O)C2(C)C(OC(C)=O)CC(OC(C)=O)C3(CO3)C2C(OC(C)=O)C2(O)C(C)C(=O)OC2C1Cl. The Bertz CT molecular complexity index is 1150. The van der Waals surface area contributed by atoms with E-state index in [1.807, 2.05) is 0 Å². The Balaban J connectivity index is 2.06. The molecule has 228 valence electrons. The molecule has 11 atom stereocenters. The van der Waals surface area contributed by atoms with Gasteiger partial charge in [-0.05, 0) is 19.8 Å². The fourth-order valence-corrected chi connectivity index (χ4v) is 7.53. The fourth-order valence-electron chi connectivity index (χ4n) is 7.17. The number of alkyl halides is 1. The first-order valence-electron chi connectivity index (χ1n) is 13.6. The number of epoxide rings is 1. The van der Waals surface area contributed by atoms with Crippen LogP contribution >= 0.6 is 11.6 Å². The summed E-state index contributed by atoms with van der Waals surface area (Å²) in [5.74, 6) is -5.94. The van der Waals surface area contributed by atoms with Crippen molar-refractivity contribution in [3.8, 4) is 0 Å². The number of hydrogen-bond acceptors (Lipinski definition) is 12. The summed E-state index contributed by atoms with van der Waals surface area (Å²) >= 11 is 6.78. The van der Waals surface area contributed by atoms with Gasteiger partial charge in [0.25, 0.3) is 0 Å². The molecule has 4 fully saturated rings. The third-order valence-corrected chi connectivity index (χ3v) is 9.68. The lowest BCUT2D eigenvalue weighted by Gasteiger charge is -2.58. The highest BCUT2D eigenvalue weighted by Gasteiger charge is 2.78. The molecule has 13 heteroatoms. The highest BCUT2D eigenvalue weighted by atomic mass is 35.5. The van der Waals surface area contributed by atoms with Gasteiger partial charge in [-0.15, -0.1) is 11.6 Å². The molecule has 0 aromatic rings. The highest BCUT2D eigenvalue weighted by Crippen LogP contribution is 2.63. The molecule has 12 nitrogen and oxygen atoms in total. The van der Waals surface area contributed by atoms with Crippen molar-refractivity contribution >= 4 is 41.4 Å². The molecule has 0 amide bonds. The Labute approximate surface area is 242 Å². The first-order valence-corrected chi connectivity index (χ1v) is 14.0. The van der Waals surface area contributed by atoms with Crippen LogP contribution in [0.1, 0.15) is 60.8 Å². The van der Waals surface area contributed by atoms with Gasteiger partial charge in [0.2, 0.25) is 0 Å². The van der Waals surface area contributed by atoms with E-state index < -0.39 is 94.2 Å². The van der Waals surface area contributed by atoms with Gasteiger partial charge in [0.15, 0.2) is 11.7 Å². The second-order valence-electron chi connectivity index (χ2n) is 11.7. The van der Waals surface area contributed by atoms with Crippen molar-refractivity contribution < 1.29 is 57.5 Å². The first kappa shape index (κ1) is 31.2. The van der Waals surface area contributed by atoms with Crippen LogP contribution in [-0.2, 0) is 52.4 Å². The molecule has 4 aliphatic rings. The quantitative estimate of drug-likeness (QED) is 0.164. The summed E-state index contributed by atoms with van der Waals surface area (Å²) in [7, 11) is 0. The van der Waals surface area contributed by atoms with Gasteiger partial charge in [0.05, 0.1) is 23.3 Å². The van der Waals surface area contributed by atoms with E-state index in [0.29, 0.717) is 5.57 Å². The Kier molecular flexibility index (Phi) is 8.27. The predicted molar refractivity (Wildman–Crippen MR) is 139 cm³/mol. The number of rotatable bonds is 4. The second-order valence-corrected chi connectivity index (χ2v) is 12.2. The van der Waals surface area contributed by atoms with Crippen molar-refractivity contribution in [2.24, 2.45) is 17.3 Å². The van der Waals surface area contributed by atoms with Crippen LogP contribution in [0.2, 0.25) is 0 Å². The molecule has 0 bridgehead atoms. The molecule has 0 aromatic carbocycles. The monoisotopic (exact) mass is 600 g/mol. The molecule has 1 spiro atoms. The maximum Gasteiger partial charge on any atom is 0.312 e. The summed E-state index contributed by atoms with van der Waals surface area (Å²) in [6.07, 6.45) is -5.82. The number of aliphatic hydroxyl groups is 1. The summed E-state index contributed by atoms with van der Waals surface area (Å²) < 4.78 is 34.9. The Morgan fingerprint density at radius 1 is 0.951 bits per heavy atom. The van der Waals surface area contributed by atoms with Crippen molar-refractivity contribution in [3.05, 3.63) is 12.2 Å². The molecule has 0 aromatic heterocycles. The molecule has 11 unspecified atom stereocenters. The number of hydrogen-bond donors (Lipinski definition) is 1. The number of ether oxygens (including phenoxy) is 6. The van der Waals surface area contributed by atoms with E-state index in [9.17, 15) is 29.1 Å². The number of carbonyl (C=O) groups excluding carboxylic acids is 5. The van der Waals surface area contributed by atoms with Gasteiger partial charge >= 0.3 is 29.8 Å². The van der Waals surface area contributed by atoms with Crippen LogP contribution in [0.3, 0.4) is 0 Å². The van der Waals surface area contributed by atoms with E-state index in [0.717, 1.165) is 6.92 Å². The van der Waals surface area contributed by atoms with Crippen molar-refractivity contribution in [1.82, 2.24) is 0 Å². The summed E-state index contributed by atoms with van der Waals surface area (Å²) in [4.78, 5) is 62.9. The average molecular weight is 601 g/mol. The Morgan fingerprint density at radius 2 is 1.46 bits per heavy atom. The molecular formula is C28H37ClO12. The number of esters is 5. The molecule has 4 rings (SSSR count). The van der Waals surface area contributed by atoms with E-state index in [-0.39, 0.29) is 25.9 Å². The zero-order valence-corrected chi connectivity index (χ0v) is 24.7. The van der Waals surface area contributed by atoms with Gasteiger partial charge in [-0.1, -0.05) is 19.1 Å². The van der Waals surface area contributed by atoms with Crippen LogP contribution in [-0.4, -0.2) is 88.7 Å². The van der Waals surface area contributed by atoms with Crippen LogP contribution in [0.25, 0.3) is 0 Å². The van der Waals surface area contributed by atoms with Crippen LogP contribution in [0, 0.1) is 17.3 Å². The number of fused-ring (bicyclic) bond motifs is 3. The molecule has 2 heterocycles. The normalized spacial score (nSPS) is 43.6. The summed E-state index contributed by atoms with van der Waals surface area (Å²) in [5.41, 5.74) is -4.66. The average Bonchev–Trinajstić information content (AvgIpc) is 3.61. The highest BCUT2D eigenvalue weighted by molar-refractivity contribution is 6.23. The minimum Gasteiger partial charge on any atom is -0.462 e. The molecule has 2 aliphatic heterocycles. The largest absolute Gasteiger partial charge is 0.462 e. The first-order chi connectivity index (χ1) is 19.0. The summed E-state index contributed by atoms with van der Waals surface area (Å²) in [5, 5.41) is 11.5. The topological polar surface area (TPSA) is 164 Å². The van der Waals surface area contributed by atoms with Crippen molar-refractivity contribution in [2.45, 2.75) is 108 Å². The van der Waals surface area contributed by atoms with Gasteiger partial charge in [0, 0.05) is 40.0 Å². The number of halogens is 1. The van der Waals surface area contributed by atoms with E-state index in [1.165, 1.54) is 27.7 Å². The van der Waals surface area contributed by atoms with Crippen molar-refractivity contribution in [3.63, 3.8) is 0 Å². The van der Waals surface area contributed by atoms with Gasteiger partial charge in [0.1, 0.15) is 30.0 Å². The van der Waals surface area contributed by atoms with Gasteiger partial charge in [-0.3, -0.25) is 24.0 Å². The third kappa shape index (κ3) is 5.12. The second kappa shape index (κ2) is 10.9. The lowest BCUT2D eigenvalue weighted by Crippen LogP contribution is -2.72. The van der Waals surface area contributed by atoms with Crippen LogP contribution in [0.5, 0.6) is 0 Å². The Hall–Kier alpha value is -2.70. The molecule has 0 radical (unpaired) electrons. The molecular weight excluding hydrogens is 564 g/mol. The van der Waals surface area contributed by atoms with E-state index in [2.05, 4.69) is 6.58 Å². The van der Waals surface area contributed by atoms with Crippen LogP contribution in [0.15, 0.2) is 12.2 Å². The van der Waals surface area contributed by atoms with E-state index in [4.69, 9.17) is 40.0 Å². The maximum absolute atomic E-state index is 13.0. The van der Waals surface area contributed by atoms with Gasteiger partial charge < -0.3 is 33.5 Å². The van der Waals surface area contributed by atoms with Gasteiger partial charge in [-0.2, -0.15) is 0 Å². The van der Waals surface area contributed by atoms with Crippen LogP contribution < -0.4 is 0 Å². The predicted octanol–water partition coefficient (Wildman–Crippen LogP) is 1.76. The fraction of sp³-hybridized carbons (Fsp3) is 0.750. The van der Waals surface area contributed by atoms with Crippen LogP contribution in [0.4, 0.5) is 0 Å². The zero-order chi connectivity index (χ0) is 30.7. The lowest BCUT2D eigenvalue weighted by molar-refractivity contribution is -0.259. The number of carbonyl (C=O) groups is 5. The molecule has 2 saturated carbocycles. The minimum atomic E-state index is -2.25. The molecule has 2 saturated heterocycles. The molecule has 2 aliphatic carbocycles. The van der Waals surface area contributed by atoms with Crippen molar-refractivity contribution in [1.29, 1.82) is 0 Å². The molecule has 1 N–H and O–H groups in total. The smallest absolute Gasteiger partial charge is 0.312 e.